The van der Waals surface area contributed by atoms with Gasteiger partial charge in [0.15, 0.2) is 5.65 Å². The summed E-state index contributed by atoms with van der Waals surface area (Å²) in [5.41, 5.74) is 0.826. The molecule has 124 valence electrons. The predicted octanol–water partition coefficient (Wildman–Crippen LogP) is 3.76. The van der Waals surface area contributed by atoms with Crippen LogP contribution >= 0.6 is 0 Å². The van der Waals surface area contributed by atoms with E-state index in [9.17, 15) is 9.59 Å². The Morgan fingerprint density at radius 1 is 1.12 bits per heavy atom. The van der Waals surface area contributed by atoms with Gasteiger partial charge in [0, 0.05) is 17.0 Å². The number of esters is 1. The Hall–Kier alpha value is -2.89. The third-order valence-corrected chi connectivity index (χ3v) is 3.51. The number of ether oxygens (including phenoxy) is 2. The first kappa shape index (κ1) is 16.0. The molecule has 0 aliphatic carbocycles. The third-order valence-electron chi connectivity index (χ3n) is 3.51. The van der Waals surface area contributed by atoms with Crippen LogP contribution in [0.4, 0.5) is 4.79 Å². The van der Waals surface area contributed by atoms with Gasteiger partial charge in [-0.3, -0.25) is 0 Å². The van der Waals surface area contributed by atoms with Gasteiger partial charge in [0.05, 0.1) is 18.2 Å². The molecule has 2 aromatic heterocycles. The minimum atomic E-state index is -0.624. The van der Waals surface area contributed by atoms with Crippen LogP contribution in [0, 0.1) is 0 Å². The molecule has 1 aromatic carbocycles. The number of methoxy groups -OCH3 is 1. The van der Waals surface area contributed by atoms with Crippen molar-refractivity contribution in [1.29, 1.82) is 0 Å². The molecule has 0 amide bonds. The molecule has 0 saturated carbocycles. The second kappa shape index (κ2) is 5.63. The van der Waals surface area contributed by atoms with Crippen LogP contribution in [0.25, 0.3) is 21.9 Å². The summed E-state index contributed by atoms with van der Waals surface area (Å²) >= 11 is 0. The average Bonchev–Trinajstić information content (AvgIpc) is 2.86. The third kappa shape index (κ3) is 2.71. The van der Waals surface area contributed by atoms with Crippen molar-refractivity contribution in [3.8, 4) is 0 Å². The number of pyridine rings is 1. The maximum absolute atomic E-state index is 12.6. The van der Waals surface area contributed by atoms with Crippen LogP contribution in [0.3, 0.4) is 0 Å². The van der Waals surface area contributed by atoms with Crippen molar-refractivity contribution < 1.29 is 19.1 Å². The molecule has 0 aliphatic rings. The molecule has 0 saturated heterocycles. The monoisotopic (exact) mass is 326 g/mol. The van der Waals surface area contributed by atoms with Crippen molar-refractivity contribution in [2.75, 3.05) is 7.11 Å². The molecular weight excluding hydrogens is 308 g/mol. The molecule has 0 fully saturated rings. The van der Waals surface area contributed by atoms with Crippen LogP contribution in [0.2, 0.25) is 0 Å². The van der Waals surface area contributed by atoms with Gasteiger partial charge in [0.2, 0.25) is 0 Å². The van der Waals surface area contributed by atoms with Crippen molar-refractivity contribution in [2.24, 2.45) is 0 Å². The van der Waals surface area contributed by atoms with E-state index in [2.05, 4.69) is 4.98 Å². The average molecular weight is 326 g/mol. The van der Waals surface area contributed by atoms with E-state index in [0.717, 1.165) is 5.39 Å². The fourth-order valence-corrected chi connectivity index (χ4v) is 2.57. The minimum absolute atomic E-state index is 0.331. The van der Waals surface area contributed by atoms with Gasteiger partial charge in [-0.1, -0.05) is 18.2 Å². The summed E-state index contributed by atoms with van der Waals surface area (Å²) < 4.78 is 11.7. The standard InChI is InChI=1S/C18H18N2O4/c1-18(2,3)24-17(22)20-14-8-6-5-7-12(14)13-9-11(16(21)23-4)10-19-15(13)20/h5-10H,1-4H3. The van der Waals surface area contributed by atoms with Gasteiger partial charge >= 0.3 is 12.1 Å². The highest BCUT2D eigenvalue weighted by atomic mass is 16.6. The number of fused-ring (bicyclic) bond motifs is 3. The Labute approximate surface area is 139 Å². The van der Waals surface area contributed by atoms with E-state index < -0.39 is 17.7 Å². The van der Waals surface area contributed by atoms with Crippen LogP contribution in [-0.2, 0) is 9.47 Å². The van der Waals surface area contributed by atoms with Crippen molar-refractivity contribution in [2.45, 2.75) is 26.4 Å². The van der Waals surface area contributed by atoms with Crippen molar-refractivity contribution >= 4 is 34.0 Å². The number of para-hydroxylation sites is 1. The lowest BCUT2D eigenvalue weighted by Crippen LogP contribution is -2.27. The van der Waals surface area contributed by atoms with Crippen LogP contribution in [0.1, 0.15) is 31.1 Å². The summed E-state index contributed by atoms with van der Waals surface area (Å²) in [4.78, 5) is 28.7. The van der Waals surface area contributed by atoms with Gasteiger partial charge in [0.25, 0.3) is 0 Å². The molecule has 24 heavy (non-hydrogen) atoms. The highest BCUT2D eigenvalue weighted by Crippen LogP contribution is 2.29. The minimum Gasteiger partial charge on any atom is -0.465 e. The normalized spacial score (nSPS) is 11.7. The lowest BCUT2D eigenvalue weighted by atomic mass is 10.1. The number of rotatable bonds is 1. The van der Waals surface area contributed by atoms with Crippen molar-refractivity contribution in [3.05, 3.63) is 42.1 Å². The maximum atomic E-state index is 12.6. The van der Waals surface area contributed by atoms with Gasteiger partial charge in [-0.2, -0.15) is 0 Å². The molecule has 0 bridgehead atoms. The van der Waals surface area contributed by atoms with Gasteiger partial charge in [-0.25, -0.2) is 19.1 Å². The first-order valence-corrected chi connectivity index (χ1v) is 7.52. The largest absolute Gasteiger partial charge is 0.465 e. The molecule has 6 heteroatoms. The van der Waals surface area contributed by atoms with E-state index in [0.29, 0.717) is 22.1 Å². The molecule has 0 spiro atoms. The first-order chi connectivity index (χ1) is 11.3. The van der Waals surface area contributed by atoms with Crippen molar-refractivity contribution in [3.63, 3.8) is 0 Å². The lowest BCUT2D eigenvalue weighted by Gasteiger charge is -2.20. The quantitative estimate of drug-likeness (QED) is 0.637. The molecule has 3 rings (SSSR count). The first-order valence-electron chi connectivity index (χ1n) is 7.52. The zero-order valence-electron chi connectivity index (χ0n) is 14.0. The van der Waals surface area contributed by atoms with Crippen LogP contribution in [-0.4, -0.2) is 34.3 Å². The Bertz CT molecular complexity index is 951. The highest BCUT2D eigenvalue weighted by Gasteiger charge is 2.23. The van der Waals surface area contributed by atoms with E-state index in [4.69, 9.17) is 9.47 Å². The SMILES string of the molecule is COC(=O)c1cnc2c(c1)c1ccccc1n2C(=O)OC(C)(C)C. The molecule has 0 N–H and O–H groups in total. The number of aromatic nitrogens is 2. The molecule has 2 heterocycles. The Balaban J connectivity index is 2.28. The maximum Gasteiger partial charge on any atom is 0.420 e. The van der Waals surface area contributed by atoms with Crippen LogP contribution in [0.5, 0.6) is 0 Å². The molecule has 0 radical (unpaired) electrons. The highest BCUT2D eigenvalue weighted by molar-refractivity contribution is 6.12. The van der Waals surface area contributed by atoms with Gasteiger partial charge < -0.3 is 9.47 Å². The number of hydrogen-bond donors (Lipinski definition) is 0. The summed E-state index contributed by atoms with van der Waals surface area (Å²) in [6.07, 6.45) is 0.889. The van der Waals surface area contributed by atoms with E-state index in [-0.39, 0.29) is 0 Å². The smallest absolute Gasteiger partial charge is 0.420 e. The molecule has 3 aromatic rings. The lowest BCUT2D eigenvalue weighted by molar-refractivity contribution is 0.0549. The van der Waals surface area contributed by atoms with E-state index >= 15 is 0 Å². The Kier molecular flexibility index (Phi) is 3.75. The fourth-order valence-electron chi connectivity index (χ4n) is 2.57. The summed E-state index contributed by atoms with van der Waals surface area (Å²) in [6.45, 7) is 5.42. The van der Waals surface area contributed by atoms with E-state index in [1.165, 1.54) is 17.9 Å². The molecule has 0 aliphatic heterocycles. The number of hydrogen-bond acceptors (Lipinski definition) is 5. The second-order valence-electron chi connectivity index (χ2n) is 6.42. The van der Waals surface area contributed by atoms with Crippen LogP contribution in [0.15, 0.2) is 36.5 Å². The number of benzene rings is 1. The number of nitrogens with zero attached hydrogens (tertiary/aromatic N) is 2. The zero-order chi connectivity index (χ0) is 17.5. The number of carbonyl (C=O) groups is 2. The fraction of sp³-hybridized carbons (Fsp3) is 0.278. The summed E-state index contributed by atoms with van der Waals surface area (Å²) in [5, 5.41) is 1.51. The second-order valence-corrected chi connectivity index (χ2v) is 6.42. The summed E-state index contributed by atoms with van der Waals surface area (Å²) in [6, 6.07) is 9.08. The van der Waals surface area contributed by atoms with Gasteiger partial charge in [-0.15, -0.1) is 0 Å². The number of carbonyl (C=O) groups excluding carboxylic acids is 2. The zero-order valence-corrected chi connectivity index (χ0v) is 14.0. The molecule has 6 nitrogen and oxygen atoms in total. The van der Waals surface area contributed by atoms with Crippen molar-refractivity contribution in [1.82, 2.24) is 9.55 Å². The Morgan fingerprint density at radius 2 is 1.83 bits per heavy atom. The van der Waals surface area contributed by atoms with Crippen LogP contribution < -0.4 is 0 Å². The van der Waals surface area contributed by atoms with Gasteiger partial charge in [0.1, 0.15) is 5.60 Å². The summed E-state index contributed by atoms with van der Waals surface area (Å²) in [7, 11) is 1.32. The predicted molar refractivity (Wildman–Crippen MR) is 90.2 cm³/mol. The van der Waals surface area contributed by atoms with E-state index in [1.54, 1.807) is 6.07 Å². The molecular formula is C18H18N2O4. The topological polar surface area (TPSA) is 70.4 Å². The molecule has 0 unspecified atom stereocenters. The van der Waals surface area contributed by atoms with E-state index in [1.807, 2.05) is 45.0 Å². The summed E-state index contributed by atoms with van der Waals surface area (Å²) in [5.74, 6) is -0.474. The van der Waals surface area contributed by atoms with Gasteiger partial charge in [-0.05, 0) is 32.9 Å². The molecule has 0 atom stereocenters. The Morgan fingerprint density at radius 3 is 2.50 bits per heavy atom.